The summed E-state index contributed by atoms with van der Waals surface area (Å²) in [6.45, 7) is 0. The molecule has 0 amide bonds. The summed E-state index contributed by atoms with van der Waals surface area (Å²) in [5, 5.41) is 17.1. The van der Waals surface area contributed by atoms with E-state index < -0.39 is 0 Å². The number of hydrogen-bond donors (Lipinski definition) is 0. The molecule has 0 spiro atoms. The van der Waals surface area contributed by atoms with Crippen molar-refractivity contribution in [3.8, 4) is 55.6 Å². The van der Waals surface area contributed by atoms with Crippen LogP contribution in [0, 0.1) is 0 Å². The number of fused-ring (bicyclic) bond motifs is 3. The van der Waals surface area contributed by atoms with Crippen LogP contribution in [0.3, 0.4) is 0 Å². The minimum absolute atomic E-state index is 0.151. The lowest BCUT2D eigenvalue weighted by Gasteiger charge is -2.56. The molecule has 0 radical (unpaired) electrons. The van der Waals surface area contributed by atoms with E-state index in [0.29, 0.717) is 0 Å². The van der Waals surface area contributed by atoms with Crippen LogP contribution in [0.1, 0.15) is 11.1 Å². The van der Waals surface area contributed by atoms with Gasteiger partial charge in [0.1, 0.15) is 251 Å². The molecule has 0 aliphatic heterocycles. The summed E-state index contributed by atoms with van der Waals surface area (Å²) in [4.78, 5) is 0. The Morgan fingerprint density at radius 3 is 0.567 bits per heavy atom. The summed E-state index contributed by atoms with van der Waals surface area (Å²) in [7, 11) is 93.7. The average molecular weight is 1200 g/mol. The molecule has 0 fully saturated rings. The van der Waals surface area contributed by atoms with E-state index in [1.807, 2.05) is 0 Å². The van der Waals surface area contributed by atoms with Gasteiger partial charge in [-0.05, 0) is 137 Å². The van der Waals surface area contributed by atoms with Gasteiger partial charge < -0.3 is 0 Å². The van der Waals surface area contributed by atoms with Gasteiger partial charge >= 0.3 is 0 Å². The second-order valence-corrected chi connectivity index (χ2v) is 34.2. The fourth-order valence-corrected chi connectivity index (χ4v) is 22.6. The number of rotatable bonds is 6. The Morgan fingerprint density at radius 1 is 0.124 bits per heavy atom. The zero-order chi connectivity index (χ0) is 71.8. The van der Waals surface area contributed by atoms with Crippen molar-refractivity contribution in [2.45, 2.75) is 15.6 Å². The van der Waals surface area contributed by atoms with Crippen LogP contribution in [0.5, 0.6) is 0 Å². The highest BCUT2D eigenvalue weighted by atomic mass is 14.5. The lowest BCUT2D eigenvalue weighted by Crippen LogP contribution is -2.59. The number of hydrogen-bond acceptors (Lipinski definition) is 0. The molecule has 0 saturated carbocycles. The van der Waals surface area contributed by atoms with Gasteiger partial charge in [0.25, 0.3) is 0 Å². The standard InChI is InChI=1S/C59H76B38/c60-25-17(7-5-1-3-13(37(72)29(5)64)48(83)53(88)50(85)15(3)41(76)39(74)11(1)35(70)31(7)66)26(61)20(27(62)19(25)21-28(63)23-9(33(68)45(21)80)10-24(52(87)56(91)55(90)34(10)69)57(23,58(92,93)94)59(95,96)97)22-46(81)43(78)18(44(79)47(22)82)8-6-2-4-14(38(73)30(6)65)49(84)54(89)51(86)16(4)42(77)40(75)12(2)36(71)32(8)67/h60-97H2. The van der Waals surface area contributed by atoms with Gasteiger partial charge in [0, 0.05) is 0 Å². The van der Waals surface area contributed by atoms with Gasteiger partial charge in [0.15, 0.2) is 0 Å². The summed E-state index contributed by atoms with van der Waals surface area (Å²) < 4.78 is 0. The Morgan fingerprint density at radius 2 is 0.278 bits per heavy atom. The van der Waals surface area contributed by atoms with Gasteiger partial charge in [-0.15, -0.1) is 21.9 Å². The zero-order valence-electron chi connectivity index (χ0n) is 67.5. The van der Waals surface area contributed by atoms with Crippen LogP contribution in [0.2, 0.25) is 10.2 Å². The predicted molar refractivity (Wildman–Crippen MR) is 560 cm³/mol. The molecule has 97 heavy (non-hydrogen) atoms. The third-order valence-electron chi connectivity index (χ3n) is 28.8. The molecule has 0 N–H and O–H groups in total. The van der Waals surface area contributed by atoms with Crippen LogP contribution in [-0.2, 0) is 5.41 Å². The molecular formula is C59H76B38. The normalized spacial score (nSPS) is 13.2. The van der Waals surface area contributed by atoms with Gasteiger partial charge in [0.05, 0.1) is 47.1 Å². The minimum atomic E-state index is -0.323. The summed E-state index contributed by atoms with van der Waals surface area (Å²) in [6, 6.07) is 0. The van der Waals surface area contributed by atoms with Gasteiger partial charge in [-0.3, -0.25) is 0 Å². The molecule has 1 aliphatic carbocycles. The highest BCUT2D eigenvalue weighted by molar-refractivity contribution is 6.80. The van der Waals surface area contributed by atoms with Crippen molar-refractivity contribution in [2.24, 2.45) is 0 Å². The van der Waals surface area contributed by atoms with E-state index in [9.17, 15) is 0 Å². The average Bonchev–Trinajstić information content (AvgIpc) is 1.61. The third kappa shape index (κ3) is 8.44. The molecular weight excluding hydrogens is 1120 g/mol. The molecule has 13 rings (SSSR count). The van der Waals surface area contributed by atoms with Crippen molar-refractivity contribution < 1.29 is 0 Å². The van der Waals surface area contributed by atoms with Crippen LogP contribution < -0.4 is 175 Å². The molecule has 0 heterocycles. The highest BCUT2D eigenvalue weighted by Gasteiger charge is 2.58. The van der Waals surface area contributed by atoms with Crippen molar-refractivity contribution in [1.82, 2.24) is 0 Å². The quantitative estimate of drug-likeness (QED) is 0.115. The van der Waals surface area contributed by atoms with E-state index >= 15 is 0 Å². The summed E-state index contributed by atoms with van der Waals surface area (Å²) >= 11 is 0. The van der Waals surface area contributed by atoms with Crippen LogP contribution in [0.15, 0.2) is 0 Å². The molecule has 38 heteroatoms. The lowest BCUT2D eigenvalue weighted by molar-refractivity contribution is 0.540. The Bertz CT molecular complexity index is 5710. The smallest absolute Gasteiger partial charge is 0.102 e. The van der Waals surface area contributed by atoms with Gasteiger partial charge in [-0.1, -0.05) is 163 Å². The van der Waals surface area contributed by atoms with E-state index in [1.165, 1.54) is 295 Å². The maximum Gasteiger partial charge on any atom is 0.140 e. The first-order chi connectivity index (χ1) is 44.9. The Balaban J connectivity index is 1.26. The first kappa shape index (κ1) is 70.6. The molecule has 12 aromatic rings. The molecule has 0 unspecified atom stereocenters. The molecule has 0 atom stereocenters. The fourth-order valence-electron chi connectivity index (χ4n) is 22.6. The van der Waals surface area contributed by atoms with Crippen molar-refractivity contribution in [3.63, 3.8) is 0 Å². The molecule has 0 bridgehead atoms. The Kier molecular flexibility index (Phi) is 16.4. The predicted octanol–water partition coefficient (Wildman–Crippen LogP) is -45.4. The minimum Gasteiger partial charge on any atom is -0.102 e. The number of benzene rings is 12. The van der Waals surface area contributed by atoms with Crippen molar-refractivity contribution in [2.75, 3.05) is 0 Å². The lowest BCUT2D eigenvalue weighted by atomic mass is 9.17. The van der Waals surface area contributed by atoms with Crippen LogP contribution >= 0.6 is 0 Å². The SMILES string of the molecule is Bc1c(B)c(B)c2c(c1B)-c1c(B)c(B)c(-c3c(B)c(-c4c(B)c(B)c(-c5c(B)c(B)c6c(B)c(B)c7c(B)c(B)c(B)c8c(B)c(B)c5c6c78)c(B)c4B)c(B)c(-c4c(B)c(B)c5c(B)c(B)c6c(B)c(B)c(B)c7c(B)c(B)c4c5c67)c3B)c(B)c1C2(C(B)(B)B)C(B)(B)B. The van der Waals surface area contributed by atoms with Crippen LogP contribution in [-0.4, -0.2) is 298 Å². The zero-order valence-corrected chi connectivity index (χ0v) is 67.5. The van der Waals surface area contributed by atoms with E-state index in [4.69, 9.17) is 0 Å². The second kappa shape index (κ2) is 22.6. The van der Waals surface area contributed by atoms with Crippen LogP contribution in [0.25, 0.3) is 120 Å². The molecule has 0 nitrogen and oxygen atoms in total. The first-order valence-electron chi connectivity index (χ1n) is 36.8. The maximum absolute atomic E-state index is 2.56. The van der Waals surface area contributed by atoms with E-state index in [0.717, 1.165) is 0 Å². The van der Waals surface area contributed by atoms with Gasteiger partial charge in [-0.2, -0.15) is 0 Å². The fraction of sp³-hybridized carbons (Fsp3) is 0.0508. The van der Waals surface area contributed by atoms with Crippen molar-refractivity contribution in [1.29, 1.82) is 0 Å². The topological polar surface area (TPSA) is 0 Å². The molecule has 0 aromatic heterocycles. The second-order valence-electron chi connectivity index (χ2n) is 34.2. The summed E-state index contributed by atoms with van der Waals surface area (Å²) in [6.07, 6.45) is 0. The van der Waals surface area contributed by atoms with Crippen molar-refractivity contribution >= 4 is 538 Å². The van der Waals surface area contributed by atoms with E-state index in [2.05, 4.69) is 298 Å². The molecule has 0 saturated heterocycles. The third-order valence-corrected chi connectivity index (χ3v) is 28.8. The van der Waals surface area contributed by atoms with Crippen LogP contribution in [0.4, 0.5) is 0 Å². The van der Waals surface area contributed by atoms with Gasteiger partial charge in [-0.25, -0.2) is 0 Å². The van der Waals surface area contributed by atoms with E-state index in [1.54, 1.807) is 11.1 Å². The van der Waals surface area contributed by atoms with Crippen molar-refractivity contribution in [3.05, 3.63) is 11.1 Å². The summed E-state index contributed by atoms with van der Waals surface area (Å²) in [5.41, 5.74) is 62.2. The summed E-state index contributed by atoms with van der Waals surface area (Å²) in [5.74, 6) is 0. The van der Waals surface area contributed by atoms with Gasteiger partial charge in [0.2, 0.25) is 0 Å². The largest absolute Gasteiger partial charge is 0.140 e. The first-order valence-corrected chi connectivity index (χ1v) is 36.8. The maximum atomic E-state index is 2.56. The monoisotopic (exact) mass is 1200 g/mol. The molecule has 1 aliphatic rings. The van der Waals surface area contributed by atoms with E-state index in [-0.39, 0.29) is 15.6 Å². The Hall–Kier alpha value is -4.81. The highest BCUT2D eigenvalue weighted by Crippen LogP contribution is 2.63. The Labute approximate surface area is 615 Å². The molecule has 12 aromatic carbocycles. The molecule has 426 valence electrons.